The summed E-state index contributed by atoms with van der Waals surface area (Å²) in [6.07, 6.45) is 0. The van der Waals surface area contributed by atoms with Crippen molar-refractivity contribution in [2.24, 2.45) is 0 Å². The highest BCUT2D eigenvalue weighted by molar-refractivity contribution is 6.12. The molecule has 0 saturated heterocycles. The summed E-state index contributed by atoms with van der Waals surface area (Å²) in [6.45, 7) is 6.26. The molecule has 2 aromatic heterocycles. The van der Waals surface area contributed by atoms with Crippen molar-refractivity contribution in [2.45, 2.75) is 20.8 Å². The summed E-state index contributed by atoms with van der Waals surface area (Å²) >= 11 is 0. The van der Waals surface area contributed by atoms with Gasteiger partial charge in [-0.2, -0.15) is 10.5 Å². The fourth-order valence-electron chi connectivity index (χ4n) is 7.01. The predicted octanol–water partition coefficient (Wildman–Crippen LogP) is 10.2. The number of fused-ring (bicyclic) bond motifs is 6. The first-order valence-electron chi connectivity index (χ1n) is 15.1. The van der Waals surface area contributed by atoms with Crippen LogP contribution in [0.1, 0.15) is 27.8 Å². The van der Waals surface area contributed by atoms with E-state index in [0.29, 0.717) is 11.1 Å². The van der Waals surface area contributed by atoms with E-state index in [1.807, 2.05) is 31.2 Å². The van der Waals surface area contributed by atoms with Crippen molar-refractivity contribution in [3.63, 3.8) is 0 Å². The van der Waals surface area contributed by atoms with Crippen LogP contribution in [-0.2, 0) is 0 Å². The van der Waals surface area contributed by atoms with Gasteiger partial charge in [0.1, 0.15) is 0 Å². The second-order valence-corrected chi connectivity index (χ2v) is 11.9. The minimum absolute atomic E-state index is 0.563. The SMILES string of the molecule is Cc1cc(C#N)cc(-c2c(-n3c4ccccc4c4cc(C)ccc43)cc(C#N)cc2-n2c3ccccc3c3cc(C)ccc32)c1. The van der Waals surface area contributed by atoms with Crippen LogP contribution in [-0.4, -0.2) is 9.13 Å². The van der Waals surface area contributed by atoms with E-state index in [1.54, 1.807) is 0 Å². The maximum absolute atomic E-state index is 10.5. The highest BCUT2D eigenvalue weighted by Crippen LogP contribution is 2.43. The Labute approximate surface area is 261 Å². The maximum Gasteiger partial charge on any atom is 0.0993 e. The molecule has 0 fully saturated rings. The summed E-state index contributed by atoms with van der Waals surface area (Å²) in [6, 6.07) is 44.9. The number of rotatable bonds is 3. The average molecular weight is 577 g/mol. The third-order valence-electron chi connectivity index (χ3n) is 8.86. The van der Waals surface area contributed by atoms with Crippen LogP contribution >= 0.6 is 0 Å². The summed E-state index contributed by atoms with van der Waals surface area (Å²) in [5, 5.41) is 25.1. The molecular weight excluding hydrogens is 548 g/mol. The van der Waals surface area contributed by atoms with Crippen molar-refractivity contribution in [1.82, 2.24) is 9.13 Å². The summed E-state index contributed by atoms with van der Waals surface area (Å²) in [4.78, 5) is 0. The number of para-hydroxylation sites is 2. The Morgan fingerprint density at radius 1 is 0.444 bits per heavy atom. The van der Waals surface area contributed by atoms with Gasteiger partial charge in [0.25, 0.3) is 0 Å². The molecule has 0 unspecified atom stereocenters. The van der Waals surface area contributed by atoms with Gasteiger partial charge in [0.05, 0.1) is 56.7 Å². The lowest BCUT2D eigenvalue weighted by Gasteiger charge is -2.21. The van der Waals surface area contributed by atoms with Crippen LogP contribution in [0.5, 0.6) is 0 Å². The second-order valence-electron chi connectivity index (χ2n) is 11.9. The zero-order valence-corrected chi connectivity index (χ0v) is 25.3. The molecule has 0 aliphatic carbocycles. The van der Waals surface area contributed by atoms with Crippen molar-refractivity contribution >= 4 is 43.6 Å². The summed E-state index contributed by atoms with van der Waals surface area (Å²) in [5.41, 5.74) is 12.5. The number of hydrogen-bond donors (Lipinski definition) is 0. The largest absolute Gasteiger partial charge is 0.308 e. The third kappa shape index (κ3) is 4.04. The van der Waals surface area contributed by atoms with Crippen molar-refractivity contribution in [2.75, 3.05) is 0 Å². The molecule has 212 valence electrons. The zero-order chi connectivity index (χ0) is 30.8. The molecule has 4 heteroatoms. The number of nitriles is 2. The normalized spacial score (nSPS) is 11.4. The lowest BCUT2D eigenvalue weighted by molar-refractivity contribution is 1.13. The summed E-state index contributed by atoms with van der Waals surface area (Å²) in [7, 11) is 0. The van der Waals surface area contributed by atoms with E-state index in [2.05, 4.69) is 126 Å². The molecule has 0 atom stereocenters. The standard InChI is InChI=1S/C41H28N4/c1-25-12-14-37-33(18-25)31-8-4-6-10-35(31)44(37)39-21-29(24-43)22-40(41(39)30-17-27(3)16-28(20-30)23-42)45-36-11-7-5-9-32(36)34-19-26(2)13-15-38(34)45/h4-22H,1-3H3. The number of hydrogen-bond acceptors (Lipinski definition) is 2. The molecule has 0 amide bonds. The highest BCUT2D eigenvalue weighted by Gasteiger charge is 2.23. The average Bonchev–Trinajstić information content (AvgIpc) is 3.55. The van der Waals surface area contributed by atoms with Crippen LogP contribution in [0.15, 0.2) is 115 Å². The van der Waals surface area contributed by atoms with Gasteiger partial charge in [-0.1, -0.05) is 65.7 Å². The van der Waals surface area contributed by atoms with Gasteiger partial charge in [0, 0.05) is 27.1 Å². The first-order valence-corrected chi connectivity index (χ1v) is 15.1. The Balaban J connectivity index is 1.62. The quantitative estimate of drug-likeness (QED) is 0.210. The first-order chi connectivity index (χ1) is 21.9. The Kier molecular flexibility index (Phi) is 5.88. The van der Waals surface area contributed by atoms with Gasteiger partial charge in [-0.05, 0) is 92.6 Å². The monoisotopic (exact) mass is 576 g/mol. The molecule has 0 saturated carbocycles. The number of benzene rings is 6. The molecule has 0 spiro atoms. The minimum Gasteiger partial charge on any atom is -0.308 e. The fourth-order valence-corrected chi connectivity index (χ4v) is 7.01. The molecule has 8 aromatic rings. The van der Waals surface area contributed by atoms with Gasteiger partial charge in [0.2, 0.25) is 0 Å². The smallest absolute Gasteiger partial charge is 0.0993 e. The van der Waals surface area contributed by atoms with Gasteiger partial charge in [0.15, 0.2) is 0 Å². The molecule has 6 aromatic carbocycles. The molecule has 4 nitrogen and oxygen atoms in total. The Hall–Kier alpha value is -6.10. The summed E-state index contributed by atoms with van der Waals surface area (Å²) in [5.74, 6) is 0. The van der Waals surface area contributed by atoms with Crippen molar-refractivity contribution < 1.29 is 0 Å². The molecule has 8 rings (SSSR count). The molecule has 0 radical (unpaired) electrons. The molecule has 0 N–H and O–H groups in total. The topological polar surface area (TPSA) is 57.4 Å². The Bertz CT molecular complexity index is 2460. The van der Waals surface area contributed by atoms with E-state index in [-0.39, 0.29) is 0 Å². The number of nitrogens with zero attached hydrogens (tertiary/aromatic N) is 4. The van der Waals surface area contributed by atoms with Gasteiger partial charge in [-0.25, -0.2) is 0 Å². The molecule has 0 bridgehead atoms. The van der Waals surface area contributed by atoms with Crippen molar-refractivity contribution in [3.8, 4) is 34.6 Å². The van der Waals surface area contributed by atoms with Crippen LogP contribution in [0, 0.1) is 43.4 Å². The fraction of sp³-hybridized carbons (Fsp3) is 0.0732. The van der Waals surface area contributed by atoms with Crippen LogP contribution in [0.3, 0.4) is 0 Å². The lowest BCUT2D eigenvalue weighted by atomic mass is 9.95. The van der Waals surface area contributed by atoms with E-state index in [4.69, 9.17) is 0 Å². The minimum atomic E-state index is 0.563. The number of aryl methyl sites for hydroxylation is 3. The van der Waals surface area contributed by atoms with Crippen LogP contribution < -0.4 is 0 Å². The van der Waals surface area contributed by atoms with E-state index in [1.165, 1.54) is 11.1 Å². The van der Waals surface area contributed by atoms with Crippen molar-refractivity contribution in [3.05, 3.63) is 143 Å². The first kappa shape index (κ1) is 26.5. The molecule has 45 heavy (non-hydrogen) atoms. The third-order valence-corrected chi connectivity index (χ3v) is 8.86. The predicted molar refractivity (Wildman–Crippen MR) is 184 cm³/mol. The zero-order valence-electron chi connectivity index (χ0n) is 25.3. The maximum atomic E-state index is 10.5. The highest BCUT2D eigenvalue weighted by atomic mass is 15.0. The van der Waals surface area contributed by atoms with Gasteiger partial charge >= 0.3 is 0 Å². The van der Waals surface area contributed by atoms with E-state index in [0.717, 1.165) is 71.7 Å². The van der Waals surface area contributed by atoms with Crippen LogP contribution in [0.2, 0.25) is 0 Å². The van der Waals surface area contributed by atoms with Gasteiger partial charge in [-0.15, -0.1) is 0 Å². The molecular formula is C41H28N4. The Morgan fingerprint density at radius 2 is 0.911 bits per heavy atom. The van der Waals surface area contributed by atoms with Crippen LogP contribution in [0.4, 0.5) is 0 Å². The summed E-state index contributed by atoms with van der Waals surface area (Å²) < 4.78 is 4.58. The molecule has 2 heterocycles. The van der Waals surface area contributed by atoms with Gasteiger partial charge in [-0.3, -0.25) is 0 Å². The Morgan fingerprint density at radius 3 is 1.42 bits per heavy atom. The van der Waals surface area contributed by atoms with E-state index >= 15 is 0 Å². The van der Waals surface area contributed by atoms with Crippen LogP contribution in [0.25, 0.3) is 66.1 Å². The van der Waals surface area contributed by atoms with Gasteiger partial charge < -0.3 is 9.13 Å². The van der Waals surface area contributed by atoms with E-state index in [9.17, 15) is 10.5 Å². The molecule has 0 aliphatic rings. The molecule has 0 aliphatic heterocycles. The van der Waals surface area contributed by atoms with E-state index < -0.39 is 0 Å². The lowest BCUT2D eigenvalue weighted by Crippen LogP contribution is -2.05. The number of aromatic nitrogens is 2. The van der Waals surface area contributed by atoms with Crippen molar-refractivity contribution in [1.29, 1.82) is 10.5 Å². The second kappa shape index (κ2) is 9.98.